The van der Waals surface area contributed by atoms with Crippen LogP contribution >= 0.6 is 0 Å². The van der Waals surface area contributed by atoms with E-state index in [-0.39, 0.29) is 0 Å². The van der Waals surface area contributed by atoms with Crippen molar-refractivity contribution in [2.75, 3.05) is 4.90 Å². The molecule has 0 N–H and O–H groups in total. The Bertz CT molecular complexity index is 3310. The van der Waals surface area contributed by atoms with Crippen LogP contribution in [0.3, 0.4) is 0 Å². The molecule has 290 valence electrons. The van der Waals surface area contributed by atoms with E-state index in [0.29, 0.717) is 0 Å². The Morgan fingerprint density at radius 1 is 0.274 bits per heavy atom. The van der Waals surface area contributed by atoms with E-state index in [2.05, 4.69) is 254 Å². The van der Waals surface area contributed by atoms with Crippen LogP contribution in [-0.4, -0.2) is 0 Å². The Kier molecular flexibility index (Phi) is 8.47. The van der Waals surface area contributed by atoms with Gasteiger partial charge >= 0.3 is 0 Å². The van der Waals surface area contributed by atoms with Gasteiger partial charge in [0.05, 0.1) is 5.41 Å². The summed E-state index contributed by atoms with van der Waals surface area (Å²) in [6.45, 7) is 0. The van der Waals surface area contributed by atoms with Crippen molar-refractivity contribution in [1.29, 1.82) is 0 Å². The number of fused-ring (bicyclic) bond motifs is 6. The predicted molar refractivity (Wildman–Crippen MR) is 262 cm³/mol. The molecule has 0 fully saturated rings. The Hall–Kier alpha value is -8.00. The maximum absolute atomic E-state index is 2.50. The molecule has 1 aliphatic carbocycles. The quantitative estimate of drug-likeness (QED) is 0.145. The van der Waals surface area contributed by atoms with Gasteiger partial charge in [0.25, 0.3) is 0 Å². The highest BCUT2D eigenvalue weighted by Crippen LogP contribution is 2.57. The second kappa shape index (κ2) is 14.6. The van der Waals surface area contributed by atoms with Crippen molar-refractivity contribution in [3.8, 4) is 33.4 Å². The van der Waals surface area contributed by atoms with E-state index in [9.17, 15) is 0 Å². The van der Waals surface area contributed by atoms with Crippen LogP contribution in [0.2, 0.25) is 0 Å². The normalized spacial score (nSPS) is 12.6. The van der Waals surface area contributed by atoms with Crippen molar-refractivity contribution < 1.29 is 0 Å². The zero-order chi connectivity index (χ0) is 41.0. The maximum Gasteiger partial charge on any atom is 0.0713 e. The Morgan fingerprint density at radius 3 is 1.26 bits per heavy atom. The van der Waals surface area contributed by atoms with Crippen LogP contribution in [0.4, 0.5) is 17.1 Å². The Morgan fingerprint density at radius 2 is 0.694 bits per heavy atom. The first-order chi connectivity index (χ1) is 30.8. The summed E-state index contributed by atoms with van der Waals surface area (Å²) in [5, 5.41) is 7.40. The van der Waals surface area contributed by atoms with Gasteiger partial charge in [-0.1, -0.05) is 200 Å². The zero-order valence-electron chi connectivity index (χ0n) is 34.1. The number of hydrogen-bond acceptors (Lipinski definition) is 1. The van der Waals surface area contributed by atoms with Gasteiger partial charge in [-0.25, -0.2) is 0 Å². The highest BCUT2D eigenvalue weighted by Gasteiger charge is 2.46. The summed E-state index contributed by atoms with van der Waals surface area (Å²) >= 11 is 0. The van der Waals surface area contributed by atoms with Gasteiger partial charge in [0.15, 0.2) is 0 Å². The molecular formula is C61H41N. The van der Waals surface area contributed by atoms with Gasteiger partial charge in [-0.2, -0.15) is 0 Å². The summed E-state index contributed by atoms with van der Waals surface area (Å²) in [5.41, 5.74) is 15.7. The summed E-state index contributed by atoms with van der Waals surface area (Å²) in [4.78, 5) is 2.33. The minimum atomic E-state index is -0.472. The number of rotatable bonds is 7. The van der Waals surface area contributed by atoms with Crippen LogP contribution in [0.25, 0.3) is 65.7 Å². The summed E-state index contributed by atoms with van der Waals surface area (Å²) in [5.74, 6) is 0. The molecule has 0 heterocycles. The molecule has 0 spiro atoms. The molecule has 12 rings (SSSR count). The first-order valence-corrected chi connectivity index (χ1v) is 21.5. The van der Waals surface area contributed by atoms with Gasteiger partial charge in [0, 0.05) is 17.1 Å². The molecule has 11 aromatic carbocycles. The summed E-state index contributed by atoms with van der Waals surface area (Å²) < 4.78 is 0. The standard InChI is InChI=1S/C61H41N/c1-5-19-46(20-6-1)61(47-21-7-2-8-22-47)57-32-18-17-27-51(57)52-38-36-45(41-58(52)61)60-55-30-15-13-28-53(55)59(54-29-14-16-31-56(54)60)44-34-33-43-40-50(37-35-42(43)39-44)62(48-23-9-3-10-24-48)49-25-11-4-12-26-49/h1-41H. The fourth-order valence-corrected chi connectivity index (χ4v) is 10.5. The third-order valence-corrected chi connectivity index (χ3v) is 13.1. The smallest absolute Gasteiger partial charge is 0.0713 e. The second-order valence-corrected chi connectivity index (χ2v) is 16.4. The van der Waals surface area contributed by atoms with E-state index in [1.807, 2.05) is 0 Å². The van der Waals surface area contributed by atoms with Crippen LogP contribution in [0.5, 0.6) is 0 Å². The lowest BCUT2D eigenvalue weighted by molar-refractivity contribution is 0.769. The second-order valence-electron chi connectivity index (χ2n) is 16.4. The van der Waals surface area contributed by atoms with E-state index < -0.39 is 5.41 Å². The molecule has 0 aromatic heterocycles. The number of benzene rings is 11. The lowest BCUT2D eigenvalue weighted by atomic mass is 9.67. The topological polar surface area (TPSA) is 3.24 Å². The van der Waals surface area contributed by atoms with E-state index in [1.165, 1.54) is 88.0 Å². The largest absolute Gasteiger partial charge is 0.310 e. The summed E-state index contributed by atoms with van der Waals surface area (Å²) in [6, 6.07) is 91.5. The zero-order valence-corrected chi connectivity index (χ0v) is 34.1. The van der Waals surface area contributed by atoms with Crippen molar-refractivity contribution in [2.45, 2.75) is 5.41 Å². The summed E-state index contributed by atoms with van der Waals surface area (Å²) in [7, 11) is 0. The Balaban J connectivity index is 1.05. The maximum atomic E-state index is 2.50. The van der Waals surface area contributed by atoms with Gasteiger partial charge in [-0.15, -0.1) is 0 Å². The monoisotopic (exact) mass is 787 g/mol. The molecule has 0 saturated carbocycles. The molecule has 62 heavy (non-hydrogen) atoms. The van der Waals surface area contributed by atoms with Crippen molar-refractivity contribution in [1.82, 2.24) is 0 Å². The lowest BCUT2D eigenvalue weighted by Crippen LogP contribution is -2.28. The van der Waals surface area contributed by atoms with E-state index in [4.69, 9.17) is 0 Å². The molecule has 1 aliphatic rings. The molecule has 0 radical (unpaired) electrons. The molecule has 1 heteroatoms. The third-order valence-electron chi connectivity index (χ3n) is 13.1. The average molecular weight is 788 g/mol. The Labute approximate surface area is 362 Å². The number of nitrogens with zero attached hydrogens (tertiary/aromatic N) is 1. The molecule has 0 aliphatic heterocycles. The number of hydrogen-bond donors (Lipinski definition) is 0. The van der Waals surface area contributed by atoms with Crippen molar-refractivity contribution in [3.05, 3.63) is 271 Å². The molecule has 1 nitrogen and oxygen atoms in total. The molecule has 0 bridgehead atoms. The predicted octanol–water partition coefficient (Wildman–Crippen LogP) is 16.3. The van der Waals surface area contributed by atoms with Crippen LogP contribution in [0.15, 0.2) is 249 Å². The fourth-order valence-electron chi connectivity index (χ4n) is 10.5. The minimum Gasteiger partial charge on any atom is -0.310 e. The van der Waals surface area contributed by atoms with Crippen molar-refractivity contribution in [3.63, 3.8) is 0 Å². The SMILES string of the molecule is c1ccc(N(c2ccccc2)c2ccc3cc(-c4c5ccccc5c(-c5ccc6c(c5)C(c5ccccc5)(c5ccccc5)c5ccccc5-6)c5ccccc45)ccc3c2)cc1. The number of para-hydroxylation sites is 2. The van der Waals surface area contributed by atoms with Crippen LogP contribution in [0, 0.1) is 0 Å². The molecule has 11 aromatic rings. The van der Waals surface area contributed by atoms with Gasteiger partial charge in [-0.05, 0) is 136 Å². The van der Waals surface area contributed by atoms with Gasteiger partial charge < -0.3 is 4.90 Å². The van der Waals surface area contributed by atoms with Crippen LogP contribution in [-0.2, 0) is 5.41 Å². The van der Waals surface area contributed by atoms with E-state index in [0.717, 1.165) is 17.1 Å². The lowest BCUT2D eigenvalue weighted by Gasteiger charge is -2.34. The van der Waals surface area contributed by atoms with Crippen LogP contribution < -0.4 is 4.90 Å². The van der Waals surface area contributed by atoms with Crippen molar-refractivity contribution >= 4 is 49.4 Å². The number of anilines is 3. The van der Waals surface area contributed by atoms with Gasteiger partial charge in [-0.3, -0.25) is 0 Å². The fraction of sp³-hybridized carbons (Fsp3) is 0.0164. The molecule has 0 atom stereocenters. The highest BCUT2D eigenvalue weighted by molar-refractivity contribution is 6.22. The summed E-state index contributed by atoms with van der Waals surface area (Å²) in [6.07, 6.45) is 0. The highest BCUT2D eigenvalue weighted by atomic mass is 15.1. The molecule has 0 saturated heterocycles. The average Bonchev–Trinajstić information content (AvgIpc) is 3.64. The molecule has 0 amide bonds. The van der Waals surface area contributed by atoms with Crippen molar-refractivity contribution in [2.24, 2.45) is 0 Å². The van der Waals surface area contributed by atoms with Gasteiger partial charge in [0.1, 0.15) is 0 Å². The van der Waals surface area contributed by atoms with Gasteiger partial charge in [0.2, 0.25) is 0 Å². The van der Waals surface area contributed by atoms with E-state index in [1.54, 1.807) is 0 Å². The first kappa shape index (κ1) is 35.9. The van der Waals surface area contributed by atoms with E-state index >= 15 is 0 Å². The third kappa shape index (κ3) is 5.56. The first-order valence-electron chi connectivity index (χ1n) is 21.5. The molecular weight excluding hydrogens is 747 g/mol. The van der Waals surface area contributed by atoms with Crippen LogP contribution in [0.1, 0.15) is 22.3 Å². The molecule has 0 unspecified atom stereocenters. The minimum absolute atomic E-state index is 0.472.